The quantitative estimate of drug-likeness (QED) is 0.827. The van der Waals surface area contributed by atoms with Gasteiger partial charge >= 0.3 is 5.97 Å². The molecule has 0 aliphatic carbocycles. The zero-order valence-corrected chi connectivity index (χ0v) is 12.7. The molecule has 1 unspecified atom stereocenters. The van der Waals surface area contributed by atoms with Gasteiger partial charge in [0.25, 0.3) is 0 Å². The van der Waals surface area contributed by atoms with Gasteiger partial charge in [-0.3, -0.25) is 10.2 Å². The van der Waals surface area contributed by atoms with Gasteiger partial charge in [-0.2, -0.15) is 0 Å². The van der Waals surface area contributed by atoms with Crippen LogP contribution in [0.2, 0.25) is 0 Å². The number of rotatable bonds is 6. The molecule has 5 heteroatoms. The average Bonchev–Trinajstić information content (AvgIpc) is 2.48. The minimum absolute atomic E-state index is 0.0716. The fourth-order valence-corrected chi connectivity index (χ4v) is 2.78. The second-order valence-electron chi connectivity index (χ2n) is 5.76. The molecule has 1 aliphatic heterocycles. The fraction of sp³-hybridized carbons (Fsp3) is 0.562. The zero-order valence-electron chi connectivity index (χ0n) is 12.7. The van der Waals surface area contributed by atoms with Gasteiger partial charge in [-0.25, -0.2) is 4.79 Å². The molecule has 1 aromatic rings. The molecule has 0 radical (unpaired) electrons. The van der Waals surface area contributed by atoms with Crippen LogP contribution in [0.25, 0.3) is 0 Å². The lowest BCUT2D eigenvalue weighted by Crippen LogP contribution is -2.59. The molecular weight excluding hydrogens is 268 g/mol. The van der Waals surface area contributed by atoms with Crippen molar-refractivity contribution in [1.29, 1.82) is 0 Å². The van der Waals surface area contributed by atoms with E-state index in [-0.39, 0.29) is 6.04 Å². The van der Waals surface area contributed by atoms with Gasteiger partial charge in [-0.1, -0.05) is 30.3 Å². The molecule has 21 heavy (non-hydrogen) atoms. The number of morpholine rings is 1. The Morgan fingerprint density at radius 1 is 1.33 bits per heavy atom. The number of carboxylic acids is 1. The highest BCUT2D eigenvalue weighted by Crippen LogP contribution is 2.24. The SMILES string of the molecule is CC(C)NC(CN1CCOCC1)(C(=O)O)c1ccccc1. The highest BCUT2D eigenvalue weighted by atomic mass is 16.5. The van der Waals surface area contributed by atoms with Crippen LogP contribution in [0.1, 0.15) is 19.4 Å². The van der Waals surface area contributed by atoms with Crippen LogP contribution in [0.4, 0.5) is 0 Å². The van der Waals surface area contributed by atoms with E-state index in [2.05, 4.69) is 10.2 Å². The van der Waals surface area contributed by atoms with Gasteiger partial charge in [0.2, 0.25) is 0 Å². The summed E-state index contributed by atoms with van der Waals surface area (Å²) in [5.41, 5.74) is -0.301. The molecule has 1 aromatic carbocycles. The van der Waals surface area contributed by atoms with Crippen LogP contribution in [0.15, 0.2) is 30.3 Å². The van der Waals surface area contributed by atoms with E-state index in [1.807, 2.05) is 44.2 Å². The van der Waals surface area contributed by atoms with Gasteiger partial charge in [0, 0.05) is 25.7 Å². The largest absolute Gasteiger partial charge is 0.480 e. The smallest absolute Gasteiger partial charge is 0.329 e. The van der Waals surface area contributed by atoms with E-state index in [0.717, 1.165) is 18.7 Å². The molecular formula is C16H24N2O3. The Hall–Kier alpha value is -1.43. The van der Waals surface area contributed by atoms with Crippen LogP contribution < -0.4 is 5.32 Å². The van der Waals surface area contributed by atoms with Crippen LogP contribution >= 0.6 is 0 Å². The van der Waals surface area contributed by atoms with Gasteiger partial charge in [0.05, 0.1) is 13.2 Å². The third-order valence-corrected chi connectivity index (χ3v) is 3.73. The Morgan fingerprint density at radius 2 is 1.95 bits per heavy atom. The van der Waals surface area contributed by atoms with Gasteiger partial charge in [-0.05, 0) is 19.4 Å². The van der Waals surface area contributed by atoms with Gasteiger partial charge in [0.15, 0.2) is 5.54 Å². The molecule has 1 aliphatic rings. The molecule has 0 aromatic heterocycles. The first-order valence-corrected chi connectivity index (χ1v) is 7.41. The number of hydrogen-bond acceptors (Lipinski definition) is 4. The van der Waals surface area contributed by atoms with Crippen LogP contribution in [0, 0.1) is 0 Å². The van der Waals surface area contributed by atoms with E-state index in [9.17, 15) is 9.90 Å². The van der Waals surface area contributed by atoms with Crippen molar-refractivity contribution in [2.45, 2.75) is 25.4 Å². The Labute approximate surface area is 125 Å². The lowest BCUT2D eigenvalue weighted by atomic mass is 9.88. The topological polar surface area (TPSA) is 61.8 Å². The predicted octanol–water partition coefficient (Wildman–Crippen LogP) is 1.30. The van der Waals surface area contributed by atoms with E-state index in [0.29, 0.717) is 19.8 Å². The second kappa shape index (κ2) is 7.02. The van der Waals surface area contributed by atoms with Crippen molar-refractivity contribution in [1.82, 2.24) is 10.2 Å². The van der Waals surface area contributed by atoms with E-state index < -0.39 is 11.5 Å². The summed E-state index contributed by atoms with van der Waals surface area (Å²) in [6.45, 7) is 7.23. The molecule has 116 valence electrons. The first-order valence-electron chi connectivity index (χ1n) is 7.41. The zero-order chi connectivity index (χ0) is 15.3. The monoisotopic (exact) mass is 292 g/mol. The lowest BCUT2D eigenvalue weighted by Gasteiger charge is -2.39. The van der Waals surface area contributed by atoms with Gasteiger partial charge < -0.3 is 9.84 Å². The summed E-state index contributed by atoms with van der Waals surface area (Å²) in [7, 11) is 0. The number of aliphatic carboxylic acids is 1. The lowest BCUT2D eigenvalue weighted by molar-refractivity contribution is -0.147. The van der Waals surface area contributed by atoms with Crippen LogP contribution in [0.3, 0.4) is 0 Å². The summed E-state index contributed by atoms with van der Waals surface area (Å²) >= 11 is 0. The molecule has 1 saturated heterocycles. The van der Waals surface area contributed by atoms with Crippen molar-refractivity contribution in [3.8, 4) is 0 Å². The van der Waals surface area contributed by atoms with E-state index in [4.69, 9.17) is 4.74 Å². The average molecular weight is 292 g/mol. The molecule has 5 nitrogen and oxygen atoms in total. The number of ether oxygens (including phenoxy) is 1. The number of nitrogens with zero attached hydrogens (tertiary/aromatic N) is 1. The van der Waals surface area contributed by atoms with Crippen LogP contribution in [-0.2, 0) is 15.1 Å². The number of carbonyl (C=O) groups is 1. The number of nitrogens with one attached hydrogen (secondary N) is 1. The highest BCUT2D eigenvalue weighted by molar-refractivity contribution is 5.81. The van der Waals surface area contributed by atoms with Crippen LogP contribution in [-0.4, -0.2) is 54.9 Å². The third-order valence-electron chi connectivity index (χ3n) is 3.73. The predicted molar refractivity (Wildman–Crippen MR) is 81.3 cm³/mol. The Balaban J connectivity index is 2.33. The third kappa shape index (κ3) is 3.81. The molecule has 0 spiro atoms. The van der Waals surface area contributed by atoms with Crippen molar-refractivity contribution in [3.05, 3.63) is 35.9 Å². The fourth-order valence-electron chi connectivity index (χ4n) is 2.78. The van der Waals surface area contributed by atoms with Crippen LogP contribution in [0.5, 0.6) is 0 Å². The van der Waals surface area contributed by atoms with Crippen molar-refractivity contribution < 1.29 is 14.6 Å². The molecule has 0 saturated carbocycles. The number of carboxylic acid groups (broad SMARTS) is 1. The molecule has 0 amide bonds. The number of benzene rings is 1. The van der Waals surface area contributed by atoms with Gasteiger partial charge in [-0.15, -0.1) is 0 Å². The molecule has 1 heterocycles. The Kier molecular flexibility index (Phi) is 5.33. The summed E-state index contributed by atoms with van der Waals surface area (Å²) in [5.74, 6) is -0.839. The van der Waals surface area contributed by atoms with Crippen molar-refractivity contribution >= 4 is 5.97 Å². The summed E-state index contributed by atoms with van der Waals surface area (Å²) in [5, 5.41) is 13.2. The standard InChI is InChI=1S/C16H24N2O3/c1-13(2)17-16(15(19)20,14-6-4-3-5-7-14)12-18-8-10-21-11-9-18/h3-7,13,17H,8-12H2,1-2H3,(H,19,20). The maximum absolute atomic E-state index is 12.1. The van der Waals surface area contributed by atoms with E-state index in [1.165, 1.54) is 0 Å². The van der Waals surface area contributed by atoms with Crippen molar-refractivity contribution in [2.24, 2.45) is 0 Å². The first-order chi connectivity index (χ1) is 10.0. The van der Waals surface area contributed by atoms with Gasteiger partial charge in [0.1, 0.15) is 0 Å². The molecule has 2 rings (SSSR count). The number of hydrogen-bond donors (Lipinski definition) is 2. The minimum atomic E-state index is -1.09. The van der Waals surface area contributed by atoms with Crippen molar-refractivity contribution in [2.75, 3.05) is 32.8 Å². The molecule has 0 bridgehead atoms. The molecule has 2 N–H and O–H groups in total. The summed E-state index contributed by atoms with van der Waals surface area (Å²) in [6, 6.07) is 9.50. The Bertz CT molecular complexity index is 458. The normalized spacial score (nSPS) is 19.4. The molecule has 1 fully saturated rings. The van der Waals surface area contributed by atoms with E-state index >= 15 is 0 Å². The first kappa shape index (κ1) is 15.9. The highest BCUT2D eigenvalue weighted by Gasteiger charge is 2.42. The maximum atomic E-state index is 12.1. The van der Waals surface area contributed by atoms with Crippen molar-refractivity contribution in [3.63, 3.8) is 0 Å². The summed E-state index contributed by atoms with van der Waals surface area (Å²) < 4.78 is 5.35. The Morgan fingerprint density at radius 3 is 2.48 bits per heavy atom. The summed E-state index contributed by atoms with van der Waals surface area (Å²) in [4.78, 5) is 14.3. The second-order valence-corrected chi connectivity index (χ2v) is 5.76. The molecule has 1 atom stereocenters. The summed E-state index contributed by atoms with van der Waals surface area (Å²) in [6.07, 6.45) is 0. The minimum Gasteiger partial charge on any atom is -0.480 e. The van der Waals surface area contributed by atoms with E-state index in [1.54, 1.807) is 0 Å². The maximum Gasteiger partial charge on any atom is 0.329 e.